The molecule has 0 bridgehead atoms. The SMILES string of the molecule is CC1(Nc2cccc(C(F)(F)F)c2)N=CC=C(c2ccc3[nH]ccc3c2)N1. The van der Waals surface area contributed by atoms with Crippen LogP contribution in [0.5, 0.6) is 0 Å². The summed E-state index contributed by atoms with van der Waals surface area (Å²) in [6.07, 6.45) is 0.966. The third kappa shape index (κ3) is 3.53. The largest absolute Gasteiger partial charge is 0.416 e. The number of rotatable bonds is 3. The number of alkyl halides is 3. The molecule has 4 rings (SSSR count). The maximum Gasteiger partial charge on any atom is 0.416 e. The van der Waals surface area contributed by atoms with Crippen molar-refractivity contribution < 1.29 is 13.2 Å². The summed E-state index contributed by atoms with van der Waals surface area (Å²) < 4.78 is 38.8. The van der Waals surface area contributed by atoms with Crippen LogP contribution in [0.2, 0.25) is 0 Å². The van der Waals surface area contributed by atoms with E-state index < -0.39 is 17.5 Å². The van der Waals surface area contributed by atoms with Gasteiger partial charge in [0.05, 0.1) is 5.56 Å². The molecule has 4 nitrogen and oxygen atoms in total. The lowest BCUT2D eigenvalue weighted by Crippen LogP contribution is -2.48. The molecule has 0 saturated heterocycles. The van der Waals surface area contributed by atoms with Gasteiger partial charge in [-0.15, -0.1) is 0 Å². The standard InChI is InChI=1S/C20H17F3N4/c1-19(26-16-4-2-3-15(12-16)20(21,22)23)25-10-8-18(27-19)13-5-6-17-14(11-13)7-9-24-17/h2-12,24,26-27H,1H3. The van der Waals surface area contributed by atoms with Gasteiger partial charge in [-0.25, -0.2) is 4.99 Å². The zero-order valence-corrected chi connectivity index (χ0v) is 14.4. The average Bonchev–Trinajstić information content (AvgIpc) is 3.08. The van der Waals surface area contributed by atoms with Crippen LogP contribution in [-0.2, 0) is 6.18 Å². The van der Waals surface area contributed by atoms with Crippen molar-refractivity contribution in [2.24, 2.45) is 4.99 Å². The van der Waals surface area contributed by atoms with Gasteiger partial charge in [0.15, 0.2) is 0 Å². The summed E-state index contributed by atoms with van der Waals surface area (Å²) in [5.41, 5.74) is 2.46. The third-order valence-corrected chi connectivity index (χ3v) is 4.39. The number of allylic oxidation sites excluding steroid dienone is 1. The number of hydrogen-bond acceptors (Lipinski definition) is 3. The van der Waals surface area contributed by atoms with Gasteiger partial charge in [0.1, 0.15) is 0 Å². The maximum absolute atomic E-state index is 12.9. The topological polar surface area (TPSA) is 52.2 Å². The van der Waals surface area contributed by atoms with Crippen molar-refractivity contribution in [2.75, 3.05) is 5.32 Å². The van der Waals surface area contributed by atoms with E-state index in [9.17, 15) is 13.2 Å². The van der Waals surface area contributed by atoms with Crippen LogP contribution in [0.4, 0.5) is 18.9 Å². The van der Waals surface area contributed by atoms with Crippen molar-refractivity contribution in [3.05, 3.63) is 71.9 Å². The molecule has 138 valence electrons. The lowest BCUT2D eigenvalue weighted by atomic mass is 10.1. The van der Waals surface area contributed by atoms with Gasteiger partial charge in [-0.3, -0.25) is 0 Å². The fourth-order valence-electron chi connectivity index (χ4n) is 3.10. The highest BCUT2D eigenvalue weighted by atomic mass is 19.4. The fourth-order valence-corrected chi connectivity index (χ4v) is 3.10. The van der Waals surface area contributed by atoms with E-state index in [1.165, 1.54) is 6.07 Å². The van der Waals surface area contributed by atoms with Crippen LogP contribution in [0.15, 0.2) is 65.8 Å². The van der Waals surface area contributed by atoms with Gasteiger partial charge in [0, 0.05) is 34.7 Å². The second-order valence-electron chi connectivity index (χ2n) is 6.54. The number of fused-ring (bicyclic) bond motifs is 1. The van der Waals surface area contributed by atoms with Gasteiger partial charge in [-0.2, -0.15) is 13.2 Å². The Balaban J connectivity index is 1.58. The van der Waals surface area contributed by atoms with Crippen molar-refractivity contribution in [3.63, 3.8) is 0 Å². The Bertz CT molecular complexity index is 1050. The molecule has 1 atom stereocenters. The van der Waals surface area contributed by atoms with E-state index in [2.05, 4.69) is 20.6 Å². The Labute approximate surface area is 153 Å². The summed E-state index contributed by atoms with van der Waals surface area (Å²) in [4.78, 5) is 7.51. The Morgan fingerprint density at radius 2 is 1.93 bits per heavy atom. The highest BCUT2D eigenvalue weighted by Crippen LogP contribution is 2.32. The van der Waals surface area contributed by atoms with Crippen molar-refractivity contribution in [3.8, 4) is 0 Å². The van der Waals surface area contributed by atoms with E-state index in [0.717, 1.165) is 34.3 Å². The van der Waals surface area contributed by atoms with Crippen molar-refractivity contribution in [1.82, 2.24) is 10.3 Å². The van der Waals surface area contributed by atoms with Crippen LogP contribution in [-0.4, -0.2) is 17.0 Å². The molecule has 0 aliphatic carbocycles. The monoisotopic (exact) mass is 370 g/mol. The molecular weight excluding hydrogens is 353 g/mol. The van der Waals surface area contributed by atoms with Crippen LogP contribution in [0, 0.1) is 0 Å². The zero-order valence-electron chi connectivity index (χ0n) is 14.4. The molecule has 0 saturated carbocycles. The number of aliphatic imine (C=N–C) groups is 1. The first-order chi connectivity index (χ1) is 12.8. The molecule has 2 aromatic carbocycles. The number of nitrogens with one attached hydrogen (secondary N) is 3. The number of benzene rings is 2. The molecule has 0 amide bonds. The number of halogens is 3. The van der Waals surface area contributed by atoms with Gasteiger partial charge in [-0.1, -0.05) is 12.1 Å². The first-order valence-corrected chi connectivity index (χ1v) is 8.39. The lowest BCUT2D eigenvalue weighted by Gasteiger charge is -2.33. The van der Waals surface area contributed by atoms with E-state index in [4.69, 9.17) is 0 Å². The molecule has 7 heteroatoms. The van der Waals surface area contributed by atoms with Gasteiger partial charge in [0.25, 0.3) is 0 Å². The minimum atomic E-state index is -4.39. The summed E-state index contributed by atoms with van der Waals surface area (Å²) >= 11 is 0. The maximum atomic E-state index is 12.9. The van der Waals surface area contributed by atoms with Crippen LogP contribution in [0.1, 0.15) is 18.1 Å². The van der Waals surface area contributed by atoms with Crippen LogP contribution in [0.25, 0.3) is 16.6 Å². The van der Waals surface area contributed by atoms with Crippen LogP contribution >= 0.6 is 0 Å². The van der Waals surface area contributed by atoms with Crippen LogP contribution in [0.3, 0.4) is 0 Å². The predicted octanol–water partition coefficient (Wildman–Crippen LogP) is 4.99. The molecular formula is C20H17F3N4. The molecule has 1 aromatic heterocycles. The second-order valence-corrected chi connectivity index (χ2v) is 6.54. The minimum absolute atomic E-state index is 0.333. The third-order valence-electron chi connectivity index (χ3n) is 4.39. The van der Waals surface area contributed by atoms with Gasteiger partial charge < -0.3 is 15.6 Å². The molecule has 0 radical (unpaired) electrons. The van der Waals surface area contributed by atoms with Crippen molar-refractivity contribution >= 4 is 28.5 Å². The Morgan fingerprint density at radius 3 is 2.74 bits per heavy atom. The summed E-state index contributed by atoms with van der Waals surface area (Å²) in [7, 11) is 0. The quantitative estimate of drug-likeness (QED) is 0.609. The summed E-state index contributed by atoms with van der Waals surface area (Å²) in [5, 5.41) is 7.39. The number of aromatic nitrogens is 1. The van der Waals surface area contributed by atoms with Gasteiger partial charge in [-0.05, 0) is 55.0 Å². The summed E-state index contributed by atoms with van der Waals surface area (Å²) in [6.45, 7) is 1.77. The molecule has 0 spiro atoms. The first kappa shape index (κ1) is 17.2. The van der Waals surface area contributed by atoms with Gasteiger partial charge in [0.2, 0.25) is 5.79 Å². The zero-order chi connectivity index (χ0) is 19.1. The molecule has 27 heavy (non-hydrogen) atoms. The van der Waals surface area contributed by atoms with E-state index >= 15 is 0 Å². The minimum Gasteiger partial charge on any atom is -0.361 e. The molecule has 3 N–H and O–H groups in total. The molecule has 1 aliphatic heterocycles. The van der Waals surface area contributed by atoms with Gasteiger partial charge >= 0.3 is 6.18 Å². The average molecular weight is 370 g/mol. The molecule has 2 heterocycles. The Morgan fingerprint density at radius 1 is 1.07 bits per heavy atom. The van der Waals surface area contributed by atoms with E-state index in [1.807, 2.05) is 36.5 Å². The number of aromatic amines is 1. The van der Waals surface area contributed by atoms with Crippen LogP contribution < -0.4 is 10.6 Å². The summed E-state index contributed by atoms with van der Waals surface area (Å²) in [5.74, 6) is -0.971. The van der Waals surface area contributed by atoms with E-state index in [0.29, 0.717) is 5.69 Å². The number of anilines is 1. The summed E-state index contributed by atoms with van der Waals surface area (Å²) in [6, 6.07) is 13.1. The lowest BCUT2D eigenvalue weighted by molar-refractivity contribution is -0.137. The van der Waals surface area contributed by atoms with E-state index in [-0.39, 0.29) is 0 Å². The Kier molecular flexibility index (Phi) is 3.95. The highest BCUT2D eigenvalue weighted by Gasteiger charge is 2.31. The highest BCUT2D eigenvalue weighted by molar-refractivity contribution is 5.90. The van der Waals surface area contributed by atoms with Crippen molar-refractivity contribution in [1.29, 1.82) is 0 Å². The smallest absolute Gasteiger partial charge is 0.361 e. The number of nitrogens with zero attached hydrogens (tertiary/aromatic N) is 1. The fraction of sp³-hybridized carbons (Fsp3) is 0.150. The number of H-pyrrole nitrogens is 1. The molecule has 1 aliphatic rings. The Hall–Kier alpha value is -3.22. The predicted molar refractivity (Wildman–Crippen MR) is 101 cm³/mol. The number of hydrogen-bond donors (Lipinski definition) is 3. The molecule has 0 fully saturated rings. The second kappa shape index (κ2) is 6.19. The van der Waals surface area contributed by atoms with E-state index in [1.54, 1.807) is 19.2 Å². The molecule has 3 aromatic rings. The normalized spacial score (nSPS) is 19.6. The van der Waals surface area contributed by atoms with Crippen molar-refractivity contribution in [2.45, 2.75) is 18.9 Å². The first-order valence-electron chi connectivity index (χ1n) is 8.39. The molecule has 1 unspecified atom stereocenters.